The van der Waals surface area contributed by atoms with E-state index in [1.165, 1.54) is 15.9 Å². The molecule has 0 bridgehead atoms. The molecule has 2 amide bonds. The van der Waals surface area contributed by atoms with Crippen LogP contribution >= 0.6 is 15.9 Å². The van der Waals surface area contributed by atoms with Crippen molar-refractivity contribution in [1.29, 1.82) is 0 Å². The van der Waals surface area contributed by atoms with Gasteiger partial charge in [0.15, 0.2) is 0 Å². The molecule has 1 aromatic carbocycles. The zero-order valence-electron chi connectivity index (χ0n) is 11.5. The molecule has 1 aliphatic heterocycles. The average molecular weight is 361 g/mol. The molecule has 1 saturated heterocycles. The maximum Gasteiger partial charge on any atom is 0.312 e. The van der Waals surface area contributed by atoms with Crippen molar-refractivity contribution in [2.45, 2.75) is 19.9 Å². The molecule has 1 aliphatic rings. The Kier molecular flexibility index (Phi) is 4.92. The van der Waals surface area contributed by atoms with Crippen molar-refractivity contribution in [2.75, 3.05) is 19.6 Å². The Hall–Kier alpha value is -1.50. The summed E-state index contributed by atoms with van der Waals surface area (Å²) in [4.78, 5) is 26.5. The number of rotatable bonds is 4. The Morgan fingerprint density at radius 1 is 1.14 bits per heavy atom. The molecule has 2 rings (SSSR count). The van der Waals surface area contributed by atoms with Crippen molar-refractivity contribution in [3.05, 3.63) is 33.8 Å². The first kappa shape index (κ1) is 15.9. The molecule has 0 aliphatic carbocycles. The van der Waals surface area contributed by atoms with E-state index in [2.05, 4.69) is 15.9 Å². The Morgan fingerprint density at radius 2 is 1.76 bits per heavy atom. The van der Waals surface area contributed by atoms with Crippen LogP contribution in [0.5, 0.6) is 0 Å². The lowest BCUT2D eigenvalue weighted by Gasteiger charge is -2.33. The van der Waals surface area contributed by atoms with E-state index in [1.54, 1.807) is 0 Å². The van der Waals surface area contributed by atoms with Gasteiger partial charge in [0.2, 0.25) is 0 Å². The Balaban J connectivity index is 2.17. The third kappa shape index (κ3) is 3.23. The summed E-state index contributed by atoms with van der Waals surface area (Å²) in [6.07, 6.45) is 0.758. The van der Waals surface area contributed by atoms with Crippen LogP contribution in [0.2, 0.25) is 0 Å². The molecule has 0 atom stereocenters. The number of halogens is 3. The van der Waals surface area contributed by atoms with Gasteiger partial charge in [-0.05, 0) is 34.5 Å². The molecular weight excluding hydrogens is 346 g/mol. The van der Waals surface area contributed by atoms with Crippen LogP contribution in [0.15, 0.2) is 16.6 Å². The molecule has 0 N–H and O–H groups in total. The third-order valence-electron chi connectivity index (χ3n) is 3.38. The van der Waals surface area contributed by atoms with E-state index in [0.29, 0.717) is 13.1 Å². The van der Waals surface area contributed by atoms with Crippen molar-refractivity contribution >= 4 is 27.7 Å². The highest BCUT2D eigenvalue weighted by molar-refractivity contribution is 9.10. The predicted molar refractivity (Wildman–Crippen MR) is 76.3 cm³/mol. The standard InChI is InChI=1S/C14H15BrF2N2O2/c1-2-5-18-6-7-19(14(21)13(18)20)8-9-11(16)4-3-10(15)12(9)17/h3-4H,2,5-8H2,1H3. The maximum absolute atomic E-state index is 13.9. The lowest BCUT2D eigenvalue weighted by atomic mass is 10.1. The molecule has 21 heavy (non-hydrogen) atoms. The summed E-state index contributed by atoms with van der Waals surface area (Å²) < 4.78 is 27.8. The van der Waals surface area contributed by atoms with Crippen LogP contribution in [0.3, 0.4) is 0 Å². The van der Waals surface area contributed by atoms with Crippen molar-refractivity contribution in [2.24, 2.45) is 0 Å². The van der Waals surface area contributed by atoms with E-state index in [1.807, 2.05) is 6.92 Å². The number of nitrogens with zero attached hydrogens (tertiary/aromatic N) is 2. The maximum atomic E-state index is 13.9. The minimum absolute atomic E-state index is 0.127. The largest absolute Gasteiger partial charge is 0.333 e. The Morgan fingerprint density at radius 3 is 2.43 bits per heavy atom. The van der Waals surface area contributed by atoms with Gasteiger partial charge in [0.25, 0.3) is 0 Å². The van der Waals surface area contributed by atoms with E-state index >= 15 is 0 Å². The van der Waals surface area contributed by atoms with Gasteiger partial charge in [-0.1, -0.05) is 6.92 Å². The van der Waals surface area contributed by atoms with Crippen molar-refractivity contribution in [3.63, 3.8) is 0 Å². The van der Waals surface area contributed by atoms with Crippen LogP contribution < -0.4 is 0 Å². The number of amides is 2. The fourth-order valence-electron chi connectivity index (χ4n) is 2.25. The predicted octanol–water partition coefficient (Wildman–Crippen LogP) is 2.31. The average Bonchev–Trinajstić information content (AvgIpc) is 2.46. The number of benzene rings is 1. The molecule has 0 aromatic heterocycles. The summed E-state index contributed by atoms with van der Waals surface area (Å²) in [5.74, 6) is -2.80. The monoisotopic (exact) mass is 360 g/mol. The first-order chi connectivity index (χ1) is 9.95. The van der Waals surface area contributed by atoms with Crippen molar-refractivity contribution in [3.8, 4) is 0 Å². The lowest BCUT2D eigenvalue weighted by molar-refractivity contribution is -0.156. The fraction of sp³-hybridized carbons (Fsp3) is 0.429. The van der Waals surface area contributed by atoms with E-state index in [0.717, 1.165) is 12.5 Å². The molecule has 1 aromatic rings. The molecule has 1 heterocycles. The minimum atomic E-state index is -0.744. The van der Waals surface area contributed by atoms with Crippen LogP contribution in [-0.2, 0) is 16.1 Å². The number of carbonyl (C=O) groups excluding carboxylic acids is 2. The van der Waals surface area contributed by atoms with Gasteiger partial charge in [0, 0.05) is 25.2 Å². The van der Waals surface area contributed by atoms with E-state index in [-0.39, 0.29) is 23.1 Å². The van der Waals surface area contributed by atoms with Gasteiger partial charge in [0.05, 0.1) is 11.0 Å². The summed E-state index contributed by atoms with van der Waals surface area (Å²) in [5.41, 5.74) is -0.213. The molecule has 114 valence electrons. The molecule has 0 radical (unpaired) electrons. The summed E-state index contributed by atoms with van der Waals surface area (Å²) in [6, 6.07) is 2.39. The van der Waals surface area contributed by atoms with Crippen LogP contribution in [0.25, 0.3) is 0 Å². The van der Waals surface area contributed by atoms with Crippen LogP contribution in [0, 0.1) is 11.6 Å². The Bertz CT molecular complexity index is 580. The molecule has 4 nitrogen and oxygen atoms in total. The highest BCUT2D eigenvalue weighted by atomic mass is 79.9. The normalized spacial score (nSPS) is 15.8. The van der Waals surface area contributed by atoms with Gasteiger partial charge in [-0.3, -0.25) is 9.59 Å². The van der Waals surface area contributed by atoms with Crippen LogP contribution in [0.4, 0.5) is 8.78 Å². The molecular formula is C14H15BrF2N2O2. The van der Waals surface area contributed by atoms with Crippen molar-refractivity contribution in [1.82, 2.24) is 9.80 Å². The summed E-state index contributed by atoms with van der Waals surface area (Å²) >= 11 is 2.98. The van der Waals surface area contributed by atoms with Gasteiger partial charge < -0.3 is 9.80 Å². The molecule has 0 saturated carbocycles. The molecule has 7 heteroatoms. The SMILES string of the molecule is CCCN1CCN(Cc2c(F)ccc(Br)c2F)C(=O)C1=O. The van der Waals surface area contributed by atoms with E-state index in [4.69, 9.17) is 0 Å². The van der Waals surface area contributed by atoms with E-state index < -0.39 is 23.4 Å². The second-order valence-electron chi connectivity index (χ2n) is 4.84. The number of carbonyl (C=O) groups is 2. The van der Waals surface area contributed by atoms with Gasteiger partial charge in [-0.25, -0.2) is 8.78 Å². The lowest BCUT2D eigenvalue weighted by Crippen LogP contribution is -2.54. The zero-order chi connectivity index (χ0) is 15.6. The first-order valence-corrected chi connectivity index (χ1v) is 7.45. The number of hydrogen-bond acceptors (Lipinski definition) is 2. The minimum Gasteiger partial charge on any atom is -0.333 e. The summed E-state index contributed by atoms with van der Waals surface area (Å²) in [7, 11) is 0. The molecule has 1 fully saturated rings. The first-order valence-electron chi connectivity index (χ1n) is 6.66. The number of hydrogen-bond donors (Lipinski definition) is 0. The van der Waals surface area contributed by atoms with Gasteiger partial charge >= 0.3 is 11.8 Å². The zero-order valence-corrected chi connectivity index (χ0v) is 13.1. The van der Waals surface area contributed by atoms with Gasteiger partial charge in [0.1, 0.15) is 11.6 Å². The van der Waals surface area contributed by atoms with Gasteiger partial charge in [-0.15, -0.1) is 0 Å². The fourth-order valence-corrected chi connectivity index (χ4v) is 2.63. The van der Waals surface area contributed by atoms with Crippen LogP contribution in [-0.4, -0.2) is 41.2 Å². The van der Waals surface area contributed by atoms with Crippen LogP contribution in [0.1, 0.15) is 18.9 Å². The summed E-state index contributed by atoms with van der Waals surface area (Å²) in [5, 5.41) is 0. The van der Waals surface area contributed by atoms with Gasteiger partial charge in [-0.2, -0.15) is 0 Å². The second kappa shape index (κ2) is 6.51. The molecule has 0 unspecified atom stereocenters. The second-order valence-corrected chi connectivity index (χ2v) is 5.69. The van der Waals surface area contributed by atoms with Crippen molar-refractivity contribution < 1.29 is 18.4 Å². The smallest absolute Gasteiger partial charge is 0.312 e. The number of piperazine rings is 1. The summed E-state index contributed by atoms with van der Waals surface area (Å²) in [6.45, 7) is 2.83. The quantitative estimate of drug-likeness (QED) is 0.610. The van der Waals surface area contributed by atoms with E-state index in [9.17, 15) is 18.4 Å². The highest BCUT2D eigenvalue weighted by Gasteiger charge is 2.32. The highest BCUT2D eigenvalue weighted by Crippen LogP contribution is 2.23. The topological polar surface area (TPSA) is 40.6 Å². The molecule has 0 spiro atoms. The Labute approximate surface area is 129 Å². The third-order valence-corrected chi connectivity index (χ3v) is 3.99.